The molecule has 5 nitrogen and oxygen atoms in total. The maximum absolute atomic E-state index is 13.8. The zero-order chi connectivity index (χ0) is 19.1. The molecule has 0 radical (unpaired) electrons. The minimum atomic E-state index is -0.246. The molecule has 0 aliphatic carbocycles. The number of aromatic nitrogens is 2. The number of benzene rings is 2. The maximum atomic E-state index is 13.8. The number of nitrogens with one attached hydrogen (secondary N) is 1. The molecule has 8 heteroatoms. The van der Waals surface area contributed by atoms with Gasteiger partial charge in [-0.15, -0.1) is 24.8 Å². The average Bonchev–Trinajstić information content (AvgIpc) is 3.40. The number of carbonyl (C=O) groups excluding carboxylic acids is 1. The van der Waals surface area contributed by atoms with Gasteiger partial charge in [-0.1, -0.05) is 24.3 Å². The Hall–Kier alpha value is -2.15. The van der Waals surface area contributed by atoms with E-state index in [2.05, 4.69) is 10.3 Å². The second-order valence-electron chi connectivity index (χ2n) is 7.80. The molecule has 2 aromatic carbocycles. The van der Waals surface area contributed by atoms with Crippen LogP contribution in [-0.4, -0.2) is 40.0 Å². The Morgan fingerprint density at radius 3 is 2.80 bits per heavy atom. The molecule has 1 amide bonds. The lowest BCUT2D eigenvalue weighted by Gasteiger charge is -2.28. The second-order valence-corrected chi connectivity index (χ2v) is 7.80. The van der Waals surface area contributed by atoms with Crippen LogP contribution in [0.2, 0.25) is 0 Å². The lowest BCUT2D eigenvalue weighted by Crippen LogP contribution is -2.35. The van der Waals surface area contributed by atoms with E-state index in [0.717, 1.165) is 36.2 Å². The zero-order valence-corrected chi connectivity index (χ0v) is 18.0. The SMILES string of the molecule is Cl.Cl.O=C(CCn1cnc2ccccc21)N1C[C@@H]2CNC[C@@H]2[C@H]1c1cccc(F)c1. The van der Waals surface area contributed by atoms with Crippen molar-refractivity contribution in [1.82, 2.24) is 19.8 Å². The molecular weight excluding hydrogens is 426 g/mol. The quantitative estimate of drug-likeness (QED) is 0.656. The second kappa shape index (κ2) is 9.33. The van der Waals surface area contributed by atoms with Crippen molar-refractivity contribution in [3.63, 3.8) is 0 Å². The predicted octanol–water partition coefficient (Wildman–Crippen LogP) is 3.83. The topological polar surface area (TPSA) is 50.2 Å². The van der Waals surface area contributed by atoms with Crippen LogP contribution in [0, 0.1) is 17.7 Å². The molecule has 30 heavy (non-hydrogen) atoms. The van der Waals surface area contributed by atoms with Gasteiger partial charge in [0, 0.05) is 38.5 Å². The van der Waals surface area contributed by atoms with Crippen LogP contribution in [0.1, 0.15) is 18.0 Å². The first-order valence-corrected chi connectivity index (χ1v) is 9.86. The molecule has 3 heterocycles. The number of rotatable bonds is 4. The fourth-order valence-electron chi connectivity index (χ4n) is 4.84. The molecule has 0 unspecified atom stereocenters. The molecule has 0 bridgehead atoms. The van der Waals surface area contributed by atoms with Gasteiger partial charge in [-0.25, -0.2) is 9.37 Å². The predicted molar refractivity (Wildman–Crippen MR) is 120 cm³/mol. The Morgan fingerprint density at radius 2 is 1.97 bits per heavy atom. The summed E-state index contributed by atoms with van der Waals surface area (Å²) in [5.74, 6) is 0.664. The highest BCUT2D eigenvalue weighted by Crippen LogP contribution is 2.43. The number of amides is 1. The van der Waals surface area contributed by atoms with Crippen molar-refractivity contribution in [2.75, 3.05) is 19.6 Å². The van der Waals surface area contributed by atoms with Gasteiger partial charge in [0.2, 0.25) is 5.91 Å². The summed E-state index contributed by atoms with van der Waals surface area (Å²) in [4.78, 5) is 19.5. The van der Waals surface area contributed by atoms with E-state index < -0.39 is 0 Å². The molecular formula is C22H25Cl2FN4O. The number of fused-ring (bicyclic) bond motifs is 2. The first-order chi connectivity index (χ1) is 13.7. The minimum absolute atomic E-state index is 0. The third kappa shape index (κ3) is 4.04. The number of imidazole rings is 1. The van der Waals surface area contributed by atoms with Crippen LogP contribution < -0.4 is 5.32 Å². The smallest absolute Gasteiger partial charge is 0.224 e. The molecule has 1 aromatic heterocycles. The number of para-hydroxylation sites is 2. The van der Waals surface area contributed by atoms with Gasteiger partial charge in [0.05, 0.1) is 23.4 Å². The Balaban J connectivity index is 0.00000128. The first-order valence-electron chi connectivity index (χ1n) is 9.86. The average molecular weight is 451 g/mol. The van der Waals surface area contributed by atoms with E-state index in [1.807, 2.05) is 39.8 Å². The van der Waals surface area contributed by atoms with Crippen LogP contribution in [-0.2, 0) is 11.3 Å². The standard InChI is InChI=1S/C22H23FN4O.2ClH/c23-17-5-3-4-15(10-17)22-18-12-24-11-16(18)13-27(22)21(28)8-9-26-14-25-19-6-1-2-7-20(19)26;;/h1-7,10,14,16,18,22,24H,8-9,11-13H2;2*1H/t16-,18-,22+;;/m0../s1. The van der Waals surface area contributed by atoms with Crippen molar-refractivity contribution in [2.45, 2.75) is 19.0 Å². The summed E-state index contributed by atoms with van der Waals surface area (Å²) >= 11 is 0. The molecule has 3 atom stereocenters. The Morgan fingerprint density at radius 1 is 1.13 bits per heavy atom. The third-order valence-electron chi connectivity index (χ3n) is 6.17. The highest BCUT2D eigenvalue weighted by molar-refractivity contribution is 5.85. The molecule has 0 saturated carbocycles. The van der Waals surface area contributed by atoms with E-state index in [9.17, 15) is 9.18 Å². The van der Waals surface area contributed by atoms with Gasteiger partial charge in [0.1, 0.15) is 5.82 Å². The molecule has 5 rings (SSSR count). The fraction of sp³-hybridized carbons (Fsp3) is 0.364. The van der Waals surface area contributed by atoms with Crippen molar-refractivity contribution in [2.24, 2.45) is 11.8 Å². The van der Waals surface area contributed by atoms with E-state index in [1.54, 1.807) is 18.5 Å². The van der Waals surface area contributed by atoms with Gasteiger partial charge in [0.15, 0.2) is 0 Å². The molecule has 2 fully saturated rings. The summed E-state index contributed by atoms with van der Waals surface area (Å²) in [7, 11) is 0. The molecule has 160 valence electrons. The molecule has 0 spiro atoms. The Kier molecular flexibility index (Phi) is 7.01. The minimum Gasteiger partial charge on any atom is -0.335 e. The summed E-state index contributed by atoms with van der Waals surface area (Å²) in [6.07, 6.45) is 2.21. The van der Waals surface area contributed by atoms with E-state index in [-0.39, 0.29) is 42.6 Å². The van der Waals surface area contributed by atoms with E-state index in [0.29, 0.717) is 24.8 Å². The number of carbonyl (C=O) groups is 1. The highest BCUT2D eigenvalue weighted by Gasteiger charge is 2.46. The molecule has 1 N–H and O–H groups in total. The Labute approximate surface area is 187 Å². The maximum Gasteiger partial charge on any atom is 0.224 e. The number of nitrogens with zero attached hydrogens (tertiary/aromatic N) is 3. The summed E-state index contributed by atoms with van der Waals surface area (Å²) in [6, 6.07) is 14.6. The van der Waals surface area contributed by atoms with Crippen molar-refractivity contribution in [3.05, 3.63) is 66.2 Å². The lowest BCUT2D eigenvalue weighted by atomic mass is 9.89. The van der Waals surface area contributed by atoms with Gasteiger partial charge >= 0.3 is 0 Å². The summed E-state index contributed by atoms with van der Waals surface area (Å²) in [5.41, 5.74) is 2.88. The van der Waals surface area contributed by atoms with Gasteiger partial charge in [-0.05, 0) is 35.7 Å². The van der Waals surface area contributed by atoms with Crippen LogP contribution in [0.5, 0.6) is 0 Å². The lowest BCUT2D eigenvalue weighted by molar-refractivity contribution is -0.132. The Bertz CT molecular complexity index is 1030. The summed E-state index contributed by atoms with van der Waals surface area (Å²) in [5, 5.41) is 3.43. The van der Waals surface area contributed by atoms with E-state index >= 15 is 0 Å². The fourth-order valence-corrected chi connectivity index (χ4v) is 4.84. The van der Waals surface area contributed by atoms with Crippen LogP contribution >= 0.6 is 24.8 Å². The molecule has 2 aliphatic rings. The number of halogens is 3. The number of aryl methyl sites for hydroxylation is 1. The van der Waals surface area contributed by atoms with Crippen molar-refractivity contribution < 1.29 is 9.18 Å². The monoisotopic (exact) mass is 450 g/mol. The van der Waals surface area contributed by atoms with Crippen molar-refractivity contribution in [3.8, 4) is 0 Å². The van der Waals surface area contributed by atoms with Gasteiger partial charge in [-0.3, -0.25) is 4.79 Å². The van der Waals surface area contributed by atoms with E-state index in [4.69, 9.17) is 0 Å². The summed E-state index contributed by atoms with van der Waals surface area (Å²) < 4.78 is 15.9. The largest absolute Gasteiger partial charge is 0.335 e. The molecule has 2 aliphatic heterocycles. The highest BCUT2D eigenvalue weighted by atomic mass is 35.5. The van der Waals surface area contributed by atoms with Gasteiger partial charge in [0.25, 0.3) is 0 Å². The zero-order valence-electron chi connectivity index (χ0n) is 16.4. The van der Waals surface area contributed by atoms with E-state index in [1.165, 1.54) is 6.07 Å². The summed E-state index contributed by atoms with van der Waals surface area (Å²) in [6.45, 7) is 3.13. The number of hydrogen-bond donors (Lipinski definition) is 1. The van der Waals surface area contributed by atoms with Crippen LogP contribution in [0.15, 0.2) is 54.9 Å². The van der Waals surface area contributed by atoms with Crippen molar-refractivity contribution >= 4 is 41.8 Å². The normalized spacial score (nSPS) is 22.4. The van der Waals surface area contributed by atoms with Crippen LogP contribution in [0.4, 0.5) is 4.39 Å². The first kappa shape index (κ1) is 22.5. The van der Waals surface area contributed by atoms with Crippen LogP contribution in [0.3, 0.4) is 0 Å². The molecule has 3 aromatic rings. The van der Waals surface area contributed by atoms with Crippen LogP contribution in [0.25, 0.3) is 11.0 Å². The van der Waals surface area contributed by atoms with Gasteiger partial charge in [-0.2, -0.15) is 0 Å². The number of likely N-dealkylation sites (tertiary alicyclic amines) is 1. The van der Waals surface area contributed by atoms with Crippen molar-refractivity contribution in [1.29, 1.82) is 0 Å². The number of hydrogen-bond acceptors (Lipinski definition) is 3. The molecule has 2 saturated heterocycles. The third-order valence-corrected chi connectivity index (χ3v) is 6.17. The van der Waals surface area contributed by atoms with Gasteiger partial charge < -0.3 is 14.8 Å².